The van der Waals surface area contributed by atoms with E-state index >= 15 is 0 Å². The van der Waals surface area contributed by atoms with Crippen molar-refractivity contribution in [2.24, 2.45) is 0 Å². The lowest BCUT2D eigenvalue weighted by atomic mass is 10.1. The zero-order valence-corrected chi connectivity index (χ0v) is 6.10. The monoisotopic (exact) mass is 171 g/mol. The smallest absolute Gasteiger partial charge is 0.166 e. The molecule has 0 aliphatic carbocycles. The quantitative estimate of drug-likeness (QED) is 0.608. The second kappa shape index (κ2) is 3.01. The van der Waals surface area contributed by atoms with Crippen LogP contribution in [0.3, 0.4) is 0 Å². The van der Waals surface area contributed by atoms with Gasteiger partial charge >= 0.3 is 6.18 Å². The van der Waals surface area contributed by atoms with E-state index in [1.165, 1.54) is 12.1 Å². The topological polar surface area (TPSA) is 0 Å². The first-order valence-corrected chi connectivity index (χ1v) is 3.26. The van der Waals surface area contributed by atoms with Crippen LogP contribution in [0.5, 0.6) is 0 Å². The molecule has 0 bridgehead atoms. The number of hydrogen-bond donors (Lipinski definition) is 0. The van der Waals surface area contributed by atoms with Crippen LogP contribution in [0.25, 0.3) is 6.08 Å². The third-order valence-corrected chi connectivity index (χ3v) is 1.41. The maximum Gasteiger partial charge on any atom is 0.416 e. The molecule has 1 aromatic rings. The molecule has 0 N–H and O–H groups in total. The maximum atomic E-state index is 12.0. The van der Waals surface area contributed by atoms with E-state index in [1.54, 1.807) is 0 Å². The van der Waals surface area contributed by atoms with Gasteiger partial charge in [0.25, 0.3) is 0 Å². The zero-order chi connectivity index (χ0) is 9.19. The summed E-state index contributed by atoms with van der Waals surface area (Å²) in [4.78, 5) is 0. The molecule has 0 unspecified atom stereocenters. The van der Waals surface area contributed by atoms with Crippen LogP contribution in [-0.4, -0.2) is 0 Å². The van der Waals surface area contributed by atoms with Crippen molar-refractivity contribution in [3.63, 3.8) is 0 Å². The molecule has 0 atom stereocenters. The summed E-state index contributed by atoms with van der Waals surface area (Å²) < 4.78 is 36.1. The molecule has 63 valence electrons. The van der Waals surface area contributed by atoms with Gasteiger partial charge in [0.05, 0.1) is 5.56 Å². The second-order valence-electron chi connectivity index (χ2n) is 2.29. The highest BCUT2D eigenvalue weighted by molar-refractivity contribution is 5.47. The third-order valence-electron chi connectivity index (χ3n) is 1.41. The van der Waals surface area contributed by atoms with Crippen LogP contribution >= 0.6 is 0 Å². The Kier molecular flexibility index (Phi) is 2.22. The van der Waals surface area contributed by atoms with Gasteiger partial charge in [-0.25, -0.2) is 0 Å². The molecule has 0 fully saturated rings. The summed E-state index contributed by atoms with van der Waals surface area (Å²) in [5, 5.41) is 0. The summed E-state index contributed by atoms with van der Waals surface area (Å²) in [7, 11) is 0. The molecule has 1 aromatic carbocycles. The Morgan fingerprint density at radius 2 is 1.92 bits per heavy atom. The predicted octanol–water partition coefficient (Wildman–Crippen LogP) is 3.15. The minimum absolute atomic E-state index is 0.366. The van der Waals surface area contributed by atoms with Crippen molar-refractivity contribution in [3.8, 4) is 0 Å². The van der Waals surface area contributed by atoms with Crippen molar-refractivity contribution in [2.45, 2.75) is 6.18 Å². The van der Waals surface area contributed by atoms with Crippen LogP contribution in [0.4, 0.5) is 13.2 Å². The van der Waals surface area contributed by atoms with E-state index < -0.39 is 11.7 Å². The first kappa shape index (κ1) is 8.84. The van der Waals surface area contributed by atoms with Crippen LogP contribution in [-0.2, 0) is 6.18 Å². The molecule has 0 saturated carbocycles. The molecule has 0 spiro atoms. The van der Waals surface area contributed by atoms with Crippen LogP contribution in [0, 0.1) is 6.58 Å². The first-order valence-electron chi connectivity index (χ1n) is 3.26. The summed E-state index contributed by atoms with van der Waals surface area (Å²) in [5.74, 6) is 0. The Bertz CT molecular complexity index is 286. The lowest BCUT2D eigenvalue weighted by molar-refractivity contribution is -0.137. The van der Waals surface area contributed by atoms with Crippen molar-refractivity contribution in [1.29, 1.82) is 0 Å². The second-order valence-corrected chi connectivity index (χ2v) is 2.29. The van der Waals surface area contributed by atoms with E-state index in [1.807, 2.05) is 0 Å². The Balaban J connectivity index is 3.10. The van der Waals surface area contributed by atoms with E-state index in [0.717, 1.165) is 18.2 Å². The average molecular weight is 171 g/mol. The normalized spacial score (nSPS) is 11.2. The van der Waals surface area contributed by atoms with Gasteiger partial charge in [-0.15, -0.1) is 0 Å². The van der Waals surface area contributed by atoms with E-state index in [4.69, 9.17) is 6.58 Å². The van der Waals surface area contributed by atoms with Gasteiger partial charge in [-0.05, 0) is 17.7 Å². The number of alkyl halides is 3. The molecule has 0 heterocycles. The minimum Gasteiger partial charge on any atom is -0.166 e. The SMILES string of the molecule is [CH]=Cc1cccc(C(F)(F)F)c1. The number of hydrogen-bond acceptors (Lipinski definition) is 0. The van der Waals surface area contributed by atoms with Crippen LogP contribution < -0.4 is 0 Å². The Labute approximate surface area is 68.3 Å². The molecule has 0 amide bonds. The number of benzene rings is 1. The molecule has 0 aliphatic heterocycles. The van der Waals surface area contributed by atoms with Crippen molar-refractivity contribution < 1.29 is 13.2 Å². The highest BCUT2D eigenvalue weighted by Gasteiger charge is 2.29. The Morgan fingerprint density at radius 1 is 1.25 bits per heavy atom. The fourth-order valence-electron chi connectivity index (χ4n) is 0.819. The summed E-state index contributed by atoms with van der Waals surface area (Å²) in [6, 6.07) is 4.84. The molecule has 0 nitrogen and oxygen atoms in total. The van der Waals surface area contributed by atoms with Gasteiger partial charge < -0.3 is 0 Å². The highest BCUT2D eigenvalue weighted by atomic mass is 19.4. The standard InChI is InChI=1S/C9H6F3/c1-2-7-4-3-5-8(6-7)9(10,11)12/h1-6H. The summed E-state index contributed by atoms with van der Waals surface area (Å²) in [6.07, 6.45) is -3.16. The van der Waals surface area contributed by atoms with Gasteiger partial charge in [-0.3, -0.25) is 0 Å². The Hall–Kier alpha value is -1.25. The average Bonchev–Trinajstić information content (AvgIpc) is 2.03. The molecular formula is C9H6F3. The fourth-order valence-corrected chi connectivity index (χ4v) is 0.819. The van der Waals surface area contributed by atoms with Gasteiger partial charge in [0, 0.05) is 0 Å². The predicted molar refractivity (Wildman–Crippen MR) is 40.2 cm³/mol. The van der Waals surface area contributed by atoms with E-state index in [-0.39, 0.29) is 0 Å². The lowest BCUT2D eigenvalue weighted by Crippen LogP contribution is -2.04. The lowest BCUT2D eigenvalue weighted by Gasteiger charge is -2.06. The highest BCUT2D eigenvalue weighted by Crippen LogP contribution is 2.29. The summed E-state index contributed by atoms with van der Waals surface area (Å²) in [6.45, 7) is 5.07. The molecule has 3 heteroatoms. The fraction of sp³-hybridized carbons (Fsp3) is 0.111. The molecule has 0 aliphatic rings. The third kappa shape index (κ3) is 1.87. The molecular weight excluding hydrogens is 165 g/mol. The molecule has 12 heavy (non-hydrogen) atoms. The summed E-state index contributed by atoms with van der Waals surface area (Å²) in [5.41, 5.74) is -0.313. The van der Waals surface area contributed by atoms with E-state index in [9.17, 15) is 13.2 Å². The zero-order valence-electron chi connectivity index (χ0n) is 6.10. The Morgan fingerprint density at radius 3 is 2.42 bits per heavy atom. The van der Waals surface area contributed by atoms with Crippen LogP contribution in [0.2, 0.25) is 0 Å². The van der Waals surface area contributed by atoms with Crippen molar-refractivity contribution in [3.05, 3.63) is 42.0 Å². The molecule has 1 radical (unpaired) electrons. The van der Waals surface area contributed by atoms with E-state index in [2.05, 4.69) is 0 Å². The minimum atomic E-state index is -4.29. The van der Waals surface area contributed by atoms with Crippen molar-refractivity contribution >= 4 is 6.08 Å². The molecule has 0 saturated heterocycles. The molecule has 0 aromatic heterocycles. The van der Waals surface area contributed by atoms with Crippen molar-refractivity contribution in [2.75, 3.05) is 0 Å². The number of rotatable bonds is 1. The summed E-state index contributed by atoms with van der Waals surface area (Å²) >= 11 is 0. The maximum absolute atomic E-state index is 12.0. The van der Waals surface area contributed by atoms with Crippen molar-refractivity contribution in [1.82, 2.24) is 0 Å². The van der Waals surface area contributed by atoms with Crippen LogP contribution in [0.15, 0.2) is 24.3 Å². The van der Waals surface area contributed by atoms with Crippen LogP contribution in [0.1, 0.15) is 11.1 Å². The largest absolute Gasteiger partial charge is 0.416 e. The van der Waals surface area contributed by atoms with Gasteiger partial charge in [0.15, 0.2) is 0 Å². The van der Waals surface area contributed by atoms with Gasteiger partial charge in [-0.1, -0.05) is 24.8 Å². The van der Waals surface area contributed by atoms with Gasteiger partial charge in [-0.2, -0.15) is 13.2 Å². The first-order chi connectivity index (χ1) is 5.54. The van der Waals surface area contributed by atoms with Gasteiger partial charge in [0.1, 0.15) is 0 Å². The van der Waals surface area contributed by atoms with Gasteiger partial charge in [0.2, 0.25) is 0 Å². The van der Waals surface area contributed by atoms with E-state index in [0.29, 0.717) is 5.56 Å². The molecule has 1 rings (SSSR count). The number of halogens is 3.